The molecular formula is C16H24N2O2. The molecule has 0 saturated carbocycles. The van der Waals surface area contributed by atoms with E-state index < -0.39 is 0 Å². The largest absolute Gasteiger partial charge is 0.389 e. The van der Waals surface area contributed by atoms with Crippen molar-refractivity contribution in [1.82, 2.24) is 9.80 Å². The molecule has 2 aliphatic rings. The molecule has 2 fully saturated rings. The lowest BCUT2D eigenvalue weighted by atomic mass is 10.1. The van der Waals surface area contributed by atoms with Crippen molar-refractivity contribution in [3.8, 4) is 0 Å². The summed E-state index contributed by atoms with van der Waals surface area (Å²) in [6.45, 7) is 7.53. The zero-order valence-corrected chi connectivity index (χ0v) is 12.1. The third-order valence-corrected chi connectivity index (χ3v) is 4.52. The number of piperazine rings is 1. The molecule has 3 rings (SSSR count). The summed E-state index contributed by atoms with van der Waals surface area (Å²) in [6, 6.07) is 11.3. The molecule has 0 aromatic heterocycles. The lowest BCUT2D eigenvalue weighted by molar-refractivity contribution is 0.0168. The Balaban J connectivity index is 1.57. The van der Waals surface area contributed by atoms with E-state index in [0.29, 0.717) is 19.3 Å². The number of benzene rings is 1. The van der Waals surface area contributed by atoms with Crippen LogP contribution in [0.15, 0.2) is 30.3 Å². The number of hydrogen-bond acceptors (Lipinski definition) is 4. The summed E-state index contributed by atoms with van der Waals surface area (Å²) in [5, 5.41) is 9.95. The van der Waals surface area contributed by atoms with E-state index in [-0.39, 0.29) is 12.1 Å². The second kappa shape index (κ2) is 6.22. The van der Waals surface area contributed by atoms with Gasteiger partial charge in [-0.05, 0) is 12.5 Å². The van der Waals surface area contributed by atoms with Crippen LogP contribution in [0.1, 0.15) is 12.5 Å². The summed E-state index contributed by atoms with van der Waals surface area (Å²) in [5.74, 6) is 0. The molecule has 0 amide bonds. The highest BCUT2D eigenvalue weighted by atomic mass is 16.5. The molecule has 4 heteroatoms. The van der Waals surface area contributed by atoms with E-state index in [4.69, 9.17) is 4.74 Å². The van der Waals surface area contributed by atoms with Crippen LogP contribution < -0.4 is 0 Å². The minimum absolute atomic E-state index is 0.191. The Morgan fingerprint density at radius 2 is 2.00 bits per heavy atom. The predicted molar refractivity (Wildman–Crippen MR) is 78.5 cm³/mol. The number of hydrogen-bond donors (Lipinski definition) is 1. The standard InChI is InChI=1S/C16H24N2O2/c1-13-9-18(15-11-20-12-16(15)19)8-7-17(13)10-14-5-3-2-4-6-14/h2-6,13,15-16,19H,7-12H2,1H3. The second-order valence-corrected chi connectivity index (χ2v) is 5.97. The summed E-state index contributed by atoms with van der Waals surface area (Å²) in [5.41, 5.74) is 1.37. The Morgan fingerprint density at radius 1 is 1.20 bits per heavy atom. The fourth-order valence-corrected chi connectivity index (χ4v) is 3.26. The molecule has 110 valence electrons. The van der Waals surface area contributed by atoms with Crippen molar-refractivity contribution < 1.29 is 9.84 Å². The first-order valence-electron chi connectivity index (χ1n) is 7.52. The fourth-order valence-electron chi connectivity index (χ4n) is 3.26. The van der Waals surface area contributed by atoms with E-state index >= 15 is 0 Å². The van der Waals surface area contributed by atoms with Gasteiger partial charge in [-0.2, -0.15) is 0 Å². The number of aliphatic hydroxyl groups excluding tert-OH is 1. The van der Waals surface area contributed by atoms with E-state index in [9.17, 15) is 5.11 Å². The van der Waals surface area contributed by atoms with Crippen LogP contribution in [-0.4, -0.2) is 65.9 Å². The monoisotopic (exact) mass is 276 g/mol. The molecular weight excluding hydrogens is 252 g/mol. The molecule has 0 bridgehead atoms. The van der Waals surface area contributed by atoms with Crippen LogP contribution in [0.5, 0.6) is 0 Å². The van der Waals surface area contributed by atoms with Gasteiger partial charge in [-0.1, -0.05) is 30.3 Å². The number of ether oxygens (including phenoxy) is 1. The van der Waals surface area contributed by atoms with Crippen LogP contribution in [0.2, 0.25) is 0 Å². The van der Waals surface area contributed by atoms with Crippen LogP contribution in [0.25, 0.3) is 0 Å². The molecule has 4 nitrogen and oxygen atoms in total. The Kier molecular flexibility index (Phi) is 4.36. The number of aliphatic hydroxyl groups is 1. The third kappa shape index (κ3) is 3.04. The van der Waals surface area contributed by atoms with E-state index in [1.54, 1.807) is 0 Å². The third-order valence-electron chi connectivity index (χ3n) is 4.52. The summed E-state index contributed by atoms with van der Waals surface area (Å²) in [6.07, 6.45) is -0.317. The maximum Gasteiger partial charge on any atom is 0.0950 e. The van der Waals surface area contributed by atoms with E-state index in [0.717, 1.165) is 26.2 Å². The average molecular weight is 276 g/mol. The first-order chi connectivity index (χ1) is 9.74. The maximum atomic E-state index is 9.95. The van der Waals surface area contributed by atoms with Gasteiger partial charge in [0.05, 0.1) is 25.4 Å². The van der Waals surface area contributed by atoms with Crippen molar-refractivity contribution in [3.63, 3.8) is 0 Å². The molecule has 1 aromatic rings. The average Bonchev–Trinajstić information content (AvgIpc) is 2.88. The molecule has 2 aliphatic heterocycles. The van der Waals surface area contributed by atoms with Crippen LogP contribution in [0.4, 0.5) is 0 Å². The van der Waals surface area contributed by atoms with Gasteiger partial charge in [0.2, 0.25) is 0 Å². The van der Waals surface area contributed by atoms with Crippen molar-refractivity contribution in [2.75, 3.05) is 32.8 Å². The Labute approximate surface area is 120 Å². The maximum absolute atomic E-state index is 9.95. The molecule has 3 atom stereocenters. The van der Waals surface area contributed by atoms with Gasteiger partial charge in [-0.15, -0.1) is 0 Å². The topological polar surface area (TPSA) is 35.9 Å². The summed E-state index contributed by atoms with van der Waals surface area (Å²) in [7, 11) is 0. The first kappa shape index (κ1) is 14.0. The molecule has 1 N–H and O–H groups in total. The minimum atomic E-state index is -0.317. The second-order valence-electron chi connectivity index (χ2n) is 5.97. The molecule has 2 saturated heterocycles. The Bertz CT molecular complexity index is 426. The van der Waals surface area contributed by atoms with Gasteiger partial charge in [0.1, 0.15) is 0 Å². The quantitative estimate of drug-likeness (QED) is 0.892. The van der Waals surface area contributed by atoms with Crippen LogP contribution >= 0.6 is 0 Å². The Hall–Kier alpha value is -0.940. The lowest BCUT2D eigenvalue weighted by Crippen LogP contribution is -2.56. The van der Waals surface area contributed by atoms with Crippen molar-refractivity contribution in [1.29, 1.82) is 0 Å². The van der Waals surface area contributed by atoms with Gasteiger partial charge in [0, 0.05) is 32.2 Å². The van der Waals surface area contributed by atoms with Crippen molar-refractivity contribution >= 4 is 0 Å². The highest BCUT2D eigenvalue weighted by Crippen LogP contribution is 2.19. The normalized spacial score (nSPS) is 32.6. The van der Waals surface area contributed by atoms with Gasteiger partial charge in [-0.3, -0.25) is 9.80 Å². The van der Waals surface area contributed by atoms with Crippen molar-refractivity contribution in [3.05, 3.63) is 35.9 Å². The minimum Gasteiger partial charge on any atom is -0.389 e. The van der Waals surface area contributed by atoms with E-state index in [1.165, 1.54) is 5.56 Å². The zero-order valence-electron chi connectivity index (χ0n) is 12.1. The van der Waals surface area contributed by atoms with Crippen molar-refractivity contribution in [2.24, 2.45) is 0 Å². The van der Waals surface area contributed by atoms with Crippen molar-refractivity contribution in [2.45, 2.75) is 31.7 Å². The number of nitrogens with zero attached hydrogens (tertiary/aromatic N) is 2. The highest BCUT2D eigenvalue weighted by molar-refractivity contribution is 5.14. The summed E-state index contributed by atoms with van der Waals surface area (Å²) in [4.78, 5) is 4.91. The van der Waals surface area contributed by atoms with Crippen LogP contribution in [0, 0.1) is 0 Å². The predicted octanol–water partition coefficient (Wildman–Crippen LogP) is 0.952. The van der Waals surface area contributed by atoms with Crippen LogP contribution in [0.3, 0.4) is 0 Å². The molecule has 0 aliphatic carbocycles. The van der Waals surface area contributed by atoms with Gasteiger partial charge in [-0.25, -0.2) is 0 Å². The smallest absolute Gasteiger partial charge is 0.0950 e. The van der Waals surface area contributed by atoms with Gasteiger partial charge in [0.15, 0.2) is 0 Å². The van der Waals surface area contributed by atoms with Crippen LogP contribution in [-0.2, 0) is 11.3 Å². The first-order valence-corrected chi connectivity index (χ1v) is 7.52. The molecule has 0 spiro atoms. The highest BCUT2D eigenvalue weighted by Gasteiger charge is 2.35. The summed E-state index contributed by atoms with van der Waals surface area (Å²) >= 11 is 0. The molecule has 2 heterocycles. The molecule has 3 unspecified atom stereocenters. The van der Waals surface area contributed by atoms with Gasteiger partial charge >= 0.3 is 0 Å². The number of rotatable bonds is 3. The SMILES string of the molecule is CC1CN(C2COCC2O)CCN1Cc1ccccc1. The lowest BCUT2D eigenvalue weighted by Gasteiger charge is -2.42. The fraction of sp³-hybridized carbons (Fsp3) is 0.625. The Morgan fingerprint density at radius 3 is 2.65 bits per heavy atom. The van der Waals surface area contributed by atoms with E-state index in [2.05, 4.69) is 47.1 Å². The summed E-state index contributed by atoms with van der Waals surface area (Å²) < 4.78 is 5.38. The zero-order chi connectivity index (χ0) is 13.9. The van der Waals surface area contributed by atoms with E-state index in [1.807, 2.05) is 0 Å². The van der Waals surface area contributed by atoms with Gasteiger partial charge < -0.3 is 9.84 Å². The molecule has 1 aromatic carbocycles. The molecule has 0 radical (unpaired) electrons. The molecule has 20 heavy (non-hydrogen) atoms. The van der Waals surface area contributed by atoms with Gasteiger partial charge in [0.25, 0.3) is 0 Å².